The van der Waals surface area contributed by atoms with Crippen LogP contribution in [0.5, 0.6) is 0 Å². The zero-order valence-electron chi connectivity index (χ0n) is 10.3. The molecule has 18 heavy (non-hydrogen) atoms. The first-order valence-electron chi connectivity index (χ1n) is 5.84. The molecule has 0 radical (unpaired) electrons. The summed E-state index contributed by atoms with van der Waals surface area (Å²) in [6, 6.07) is 14.3. The molecule has 0 aliphatic carbocycles. The van der Waals surface area contributed by atoms with Crippen LogP contribution in [0.4, 0.5) is 5.69 Å². The van der Waals surface area contributed by atoms with Crippen molar-refractivity contribution >= 4 is 21.6 Å². The van der Waals surface area contributed by atoms with Crippen LogP contribution in [-0.4, -0.2) is 13.7 Å². The number of nitrogen functional groups attached to an aromatic ring is 1. The Labute approximate surface area is 116 Å². The van der Waals surface area contributed by atoms with Crippen LogP contribution < -0.4 is 5.73 Å². The summed E-state index contributed by atoms with van der Waals surface area (Å²) in [5.74, 6) is 0. The average Bonchev–Trinajstić information content (AvgIpc) is 2.39. The molecule has 0 fully saturated rings. The molecule has 94 valence electrons. The fraction of sp³-hybridized carbons (Fsp3) is 0.200. The highest BCUT2D eigenvalue weighted by Gasteiger charge is 2.06. The van der Waals surface area contributed by atoms with Crippen molar-refractivity contribution in [1.29, 1.82) is 0 Å². The van der Waals surface area contributed by atoms with Gasteiger partial charge in [0.25, 0.3) is 0 Å². The number of halogens is 1. The summed E-state index contributed by atoms with van der Waals surface area (Å²) in [4.78, 5) is 0. The van der Waals surface area contributed by atoms with Crippen molar-refractivity contribution in [1.82, 2.24) is 0 Å². The van der Waals surface area contributed by atoms with E-state index < -0.39 is 0 Å². The molecule has 2 aromatic carbocycles. The molecule has 2 nitrogen and oxygen atoms in total. The van der Waals surface area contributed by atoms with Gasteiger partial charge in [0, 0.05) is 22.8 Å². The van der Waals surface area contributed by atoms with Gasteiger partial charge in [-0.2, -0.15) is 0 Å². The van der Waals surface area contributed by atoms with E-state index in [-0.39, 0.29) is 0 Å². The van der Waals surface area contributed by atoms with Crippen LogP contribution in [0.15, 0.2) is 46.9 Å². The summed E-state index contributed by atoms with van der Waals surface area (Å²) in [5, 5.41) is 0. The lowest BCUT2D eigenvalue weighted by Crippen LogP contribution is -2.01. The topological polar surface area (TPSA) is 35.2 Å². The zero-order chi connectivity index (χ0) is 13.0. The zero-order valence-corrected chi connectivity index (χ0v) is 11.9. The number of anilines is 1. The van der Waals surface area contributed by atoms with Gasteiger partial charge in [0.15, 0.2) is 0 Å². The van der Waals surface area contributed by atoms with Gasteiger partial charge in [0.2, 0.25) is 0 Å². The van der Waals surface area contributed by atoms with E-state index in [1.165, 1.54) is 0 Å². The average molecular weight is 306 g/mol. The molecule has 0 unspecified atom stereocenters. The van der Waals surface area contributed by atoms with Crippen molar-refractivity contribution in [3.8, 4) is 11.1 Å². The summed E-state index contributed by atoms with van der Waals surface area (Å²) >= 11 is 3.44. The lowest BCUT2D eigenvalue weighted by molar-refractivity contribution is 0.202. The molecule has 0 aromatic heterocycles. The molecule has 2 aromatic rings. The summed E-state index contributed by atoms with van der Waals surface area (Å²) in [6.45, 7) is 0.688. The number of ether oxygens (including phenoxy) is 1. The fourth-order valence-electron chi connectivity index (χ4n) is 1.92. The van der Waals surface area contributed by atoms with Crippen LogP contribution in [0.2, 0.25) is 0 Å². The van der Waals surface area contributed by atoms with Gasteiger partial charge >= 0.3 is 0 Å². The van der Waals surface area contributed by atoms with Crippen LogP contribution >= 0.6 is 15.9 Å². The van der Waals surface area contributed by atoms with E-state index in [4.69, 9.17) is 10.5 Å². The van der Waals surface area contributed by atoms with Crippen molar-refractivity contribution in [2.24, 2.45) is 0 Å². The molecule has 0 atom stereocenters. The van der Waals surface area contributed by atoms with Gasteiger partial charge in [0.1, 0.15) is 0 Å². The Morgan fingerprint density at radius 1 is 1.11 bits per heavy atom. The quantitative estimate of drug-likeness (QED) is 0.870. The normalized spacial score (nSPS) is 10.6. The predicted octanol–water partition coefficient (Wildman–Crippen LogP) is 3.89. The summed E-state index contributed by atoms with van der Waals surface area (Å²) in [5.41, 5.74) is 10.4. The SMILES string of the molecule is COCCc1cccc(-c2ccc(Br)cc2)c1N. The van der Waals surface area contributed by atoms with Crippen LogP contribution in [-0.2, 0) is 11.2 Å². The van der Waals surface area contributed by atoms with Gasteiger partial charge in [-0.1, -0.05) is 46.3 Å². The summed E-state index contributed by atoms with van der Waals surface area (Å²) in [7, 11) is 1.70. The Hall–Kier alpha value is -1.32. The number of hydrogen-bond donors (Lipinski definition) is 1. The highest BCUT2D eigenvalue weighted by atomic mass is 79.9. The second kappa shape index (κ2) is 6.03. The lowest BCUT2D eigenvalue weighted by Gasteiger charge is -2.11. The molecule has 0 aliphatic rings. The van der Waals surface area contributed by atoms with Gasteiger partial charge in [0.05, 0.1) is 6.61 Å². The molecule has 0 bridgehead atoms. The standard InChI is InChI=1S/C15H16BrNO/c1-18-10-9-12-3-2-4-14(15(12)17)11-5-7-13(16)8-6-11/h2-8H,9-10,17H2,1H3. The highest BCUT2D eigenvalue weighted by Crippen LogP contribution is 2.29. The smallest absolute Gasteiger partial charge is 0.0503 e. The van der Waals surface area contributed by atoms with E-state index in [1.54, 1.807) is 7.11 Å². The van der Waals surface area contributed by atoms with Crippen LogP contribution in [0.25, 0.3) is 11.1 Å². The first kappa shape index (κ1) is 13.1. The van der Waals surface area contributed by atoms with Gasteiger partial charge in [-0.25, -0.2) is 0 Å². The largest absolute Gasteiger partial charge is 0.398 e. The lowest BCUT2D eigenvalue weighted by atomic mass is 9.99. The molecule has 0 aliphatic heterocycles. The molecule has 0 amide bonds. The third kappa shape index (κ3) is 2.92. The molecule has 0 heterocycles. The number of methoxy groups -OCH3 is 1. The molecule has 0 spiro atoms. The van der Waals surface area contributed by atoms with E-state index in [1.807, 2.05) is 18.2 Å². The third-order valence-electron chi connectivity index (χ3n) is 2.93. The number of rotatable bonds is 4. The molecule has 0 saturated heterocycles. The Bertz CT molecular complexity index is 523. The van der Waals surface area contributed by atoms with Crippen molar-refractivity contribution in [2.45, 2.75) is 6.42 Å². The highest BCUT2D eigenvalue weighted by molar-refractivity contribution is 9.10. The van der Waals surface area contributed by atoms with E-state index in [9.17, 15) is 0 Å². The molecular formula is C15H16BrNO. The third-order valence-corrected chi connectivity index (χ3v) is 3.46. The molecular weight excluding hydrogens is 290 g/mol. The summed E-state index contributed by atoms with van der Waals surface area (Å²) in [6.07, 6.45) is 0.840. The predicted molar refractivity (Wildman–Crippen MR) is 79.6 cm³/mol. The minimum atomic E-state index is 0.688. The maximum Gasteiger partial charge on any atom is 0.0503 e. The summed E-state index contributed by atoms with van der Waals surface area (Å²) < 4.78 is 6.17. The maximum absolute atomic E-state index is 6.23. The second-order valence-electron chi connectivity index (χ2n) is 4.13. The Morgan fingerprint density at radius 2 is 1.83 bits per heavy atom. The Morgan fingerprint density at radius 3 is 2.50 bits per heavy atom. The molecule has 2 N–H and O–H groups in total. The first-order valence-corrected chi connectivity index (χ1v) is 6.64. The second-order valence-corrected chi connectivity index (χ2v) is 5.04. The van der Waals surface area contributed by atoms with Gasteiger partial charge in [-0.05, 0) is 29.7 Å². The van der Waals surface area contributed by atoms with E-state index in [0.29, 0.717) is 6.61 Å². The number of hydrogen-bond acceptors (Lipinski definition) is 2. The molecule has 2 rings (SSSR count). The minimum Gasteiger partial charge on any atom is -0.398 e. The van der Waals surface area contributed by atoms with Crippen molar-refractivity contribution < 1.29 is 4.74 Å². The molecule has 3 heteroatoms. The van der Waals surface area contributed by atoms with E-state index in [2.05, 4.69) is 40.2 Å². The van der Waals surface area contributed by atoms with Crippen molar-refractivity contribution in [3.05, 3.63) is 52.5 Å². The number of benzene rings is 2. The van der Waals surface area contributed by atoms with E-state index in [0.717, 1.165) is 33.3 Å². The van der Waals surface area contributed by atoms with Gasteiger partial charge in [-0.3, -0.25) is 0 Å². The van der Waals surface area contributed by atoms with Crippen LogP contribution in [0, 0.1) is 0 Å². The first-order chi connectivity index (χ1) is 8.72. The fourth-order valence-corrected chi connectivity index (χ4v) is 2.19. The Kier molecular flexibility index (Phi) is 4.39. The van der Waals surface area contributed by atoms with Crippen molar-refractivity contribution in [3.63, 3.8) is 0 Å². The van der Waals surface area contributed by atoms with Crippen LogP contribution in [0.1, 0.15) is 5.56 Å². The van der Waals surface area contributed by atoms with Gasteiger partial charge < -0.3 is 10.5 Å². The van der Waals surface area contributed by atoms with Crippen LogP contribution in [0.3, 0.4) is 0 Å². The van der Waals surface area contributed by atoms with Gasteiger partial charge in [-0.15, -0.1) is 0 Å². The Balaban J connectivity index is 2.36. The maximum atomic E-state index is 6.23. The molecule has 0 saturated carbocycles. The minimum absolute atomic E-state index is 0.688. The number of para-hydroxylation sites is 1. The monoisotopic (exact) mass is 305 g/mol. The van der Waals surface area contributed by atoms with E-state index >= 15 is 0 Å². The van der Waals surface area contributed by atoms with Crippen molar-refractivity contribution in [2.75, 3.05) is 19.5 Å². The number of nitrogens with two attached hydrogens (primary N) is 1.